The Bertz CT molecular complexity index is 713. The van der Waals surface area contributed by atoms with Gasteiger partial charge < -0.3 is 0 Å². The number of hydrogen-bond donors (Lipinski definition) is 0. The zero-order chi connectivity index (χ0) is 17.5. The van der Waals surface area contributed by atoms with Gasteiger partial charge in [0.25, 0.3) is 0 Å². The van der Waals surface area contributed by atoms with Crippen LogP contribution in [0.3, 0.4) is 0 Å². The summed E-state index contributed by atoms with van der Waals surface area (Å²) in [6.45, 7) is 13.0. The highest BCUT2D eigenvalue weighted by molar-refractivity contribution is 5.66. The van der Waals surface area contributed by atoms with Crippen LogP contribution in [-0.4, -0.2) is 6.21 Å². The van der Waals surface area contributed by atoms with Crippen molar-refractivity contribution in [1.29, 1.82) is 0 Å². The molecule has 0 amide bonds. The molecule has 126 valence electrons. The predicted molar refractivity (Wildman–Crippen MR) is 107 cm³/mol. The van der Waals surface area contributed by atoms with Crippen LogP contribution in [0.2, 0.25) is 0 Å². The molecule has 0 saturated heterocycles. The third-order valence-corrected chi connectivity index (χ3v) is 4.73. The van der Waals surface area contributed by atoms with E-state index in [1.54, 1.807) is 0 Å². The van der Waals surface area contributed by atoms with E-state index >= 15 is 0 Å². The van der Waals surface area contributed by atoms with Gasteiger partial charge in [-0.15, -0.1) is 0 Å². The second kappa shape index (κ2) is 8.63. The van der Waals surface area contributed by atoms with E-state index in [9.17, 15) is 0 Å². The van der Waals surface area contributed by atoms with Crippen LogP contribution >= 0.6 is 0 Å². The summed E-state index contributed by atoms with van der Waals surface area (Å²) in [5, 5.41) is 0. The molecule has 0 radical (unpaired) electrons. The molecule has 0 spiro atoms. The van der Waals surface area contributed by atoms with Gasteiger partial charge in [-0.05, 0) is 73.8 Å². The summed E-state index contributed by atoms with van der Waals surface area (Å²) >= 11 is 0. The van der Waals surface area contributed by atoms with E-state index in [0.29, 0.717) is 5.92 Å². The van der Waals surface area contributed by atoms with E-state index in [0.717, 1.165) is 19.3 Å². The maximum absolute atomic E-state index is 4.36. The molecule has 0 N–H and O–H groups in total. The van der Waals surface area contributed by atoms with Gasteiger partial charge >= 0.3 is 0 Å². The van der Waals surface area contributed by atoms with Crippen molar-refractivity contribution in [2.75, 3.05) is 0 Å². The van der Waals surface area contributed by atoms with Crippen molar-refractivity contribution in [2.24, 2.45) is 10.9 Å². The Balaban J connectivity index is 2.24. The van der Waals surface area contributed by atoms with Crippen LogP contribution in [0.5, 0.6) is 0 Å². The highest BCUT2D eigenvalue weighted by Crippen LogP contribution is 2.35. The highest BCUT2D eigenvalue weighted by atomic mass is 14.7. The average Bonchev–Trinajstić information content (AvgIpc) is 2.59. The van der Waals surface area contributed by atoms with E-state index in [-0.39, 0.29) is 0 Å². The van der Waals surface area contributed by atoms with Crippen LogP contribution in [0, 0.1) is 12.8 Å². The SMILES string of the molecule is C=C(CC(C)C1=C(/C(C)=C/N=CC)C=CCC1)c1ccccc1C. The Labute approximate surface area is 147 Å². The van der Waals surface area contributed by atoms with Crippen LogP contribution in [0.1, 0.15) is 51.2 Å². The molecule has 1 heteroatoms. The van der Waals surface area contributed by atoms with E-state index in [1.165, 1.54) is 33.4 Å². The minimum atomic E-state index is 0.492. The lowest BCUT2D eigenvalue weighted by molar-refractivity contribution is 0.654. The van der Waals surface area contributed by atoms with Crippen LogP contribution < -0.4 is 0 Å². The van der Waals surface area contributed by atoms with Gasteiger partial charge in [0, 0.05) is 12.4 Å². The molecule has 2 rings (SSSR count). The van der Waals surface area contributed by atoms with Crippen molar-refractivity contribution >= 4 is 11.8 Å². The highest BCUT2D eigenvalue weighted by Gasteiger charge is 2.18. The Kier molecular flexibility index (Phi) is 6.54. The third kappa shape index (κ3) is 4.44. The van der Waals surface area contributed by atoms with Crippen LogP contribution in [-0.2, 0) is 0 Å². The molecular weight excluding hydrogens is 290 g/mol. The van der Waals surface area contributed by atoms with E-state index < -0.39 is 0 Å². The monoisotopic (exact) mass is 319 g/mol. The second-order valence-electron chi connectivity index (χ2n) is 6.62. The molecular formula is C23H29N. The zero-order valence-electron chi connectivity index (χ0n) is 15.5. The van der Waals surface area contributed by atoms with E-state index in [4.69, 9.17) is 0 Å². The first-order valence-corrected chi connectivity index (χ1v) is 8.82. The second-order valence-corrected chi connectivity index (χ2v) is 6.62. The largest absolute Gasteiger partial charge is 0.269 e. The summed E-state index contributed by atoms with van der Waals surface area (Å²) in [6.07, 6.45) is 11.6. The Hall–Kier alpha value is -2.15. The normalized spacial score (nSPS) is 16.8. The zero-order valence-corrected chi connectivity index (χ0v) is 15.5. The smallest absolute Gasteiger partial charge is 0.0298 e. The quantitative estimate of drug-likeness (QED) is 0.519. The number of aliphatic imine (C=N–C) groups is 1. The molecule has 1 aliphatic carbocycles. The summed E-state index contributed by atoms with van der Waals surface area (Å²) < 4.78 is 0. The molecule has 1 atom stereocenters. The minimum Gasteiger partial charge on any atom is -0.269 e. The summed E-state index contributed by atoms with van der Waals surface area (Å²) in [5.41, 5.74) is 7.97. The molecule has 1 unspecified atom stereocenters. The molecule has 1 aliphatic rings. The topological polar surface area (TPSA) is 12.4 Å². The fraction of sp³-hybridized carbons (Fsp3) is 0.348. The molecule has 0 aromatic heterocycles. The lowest BCUT2D eigenvalue weighted by Crippen LogP contribution is -2.07. The van der Waals surface area contributed by atoms with Crippen molar-refractivity contribution in [3.8, 4) is 0 Å². The molecule has 1 aromatic carbocycles. The number of allylic oxidation sites excluding steroid dienone is 6. The lowest BCUT2D eigenvalue weighted by atomic mass is 9.81. The minimum absolute atomic E-state index is 0.492. The molecule has 1 nitrogen and oxygen atoms in total. The Morgan fingerprint density at radius 1 is 1.33 bits per heavy atom. The van der Waals surface area contributed by atoms with Gasteiger partial charge in [0.05, 0.1) is 0 Å². The van der Waals surface area contributed by atoms with Gasteiger partial charge in [0.1, 0.15) is 0 Å². The van der Waals surface area contributed by atoms with Gasteiger partial charge in [-0.2, -0.15) is 0 Å². The predicted octanol–water partition coefficient (Wildman–Crippen LogP) is 6.68. The van der Waals surface area contributed by atoms with Crippen molar-refractivity contribution in [2.45, 2.75) is 47.0 Å². The molecule has 24 heavy (non-hydrogen) atoms. The first-order valence-electron chi connectivity index (χ1n) is 8.82. The first kappa shape index (κ1) is 18.2. The summed E-state index contributed by atoms with van der Waals surface area (Å²) in [7, 11) is 0. The fourth-order valence-electron chi connectivity index (χ4n) is 3.41. The van der Waals surface area contributed by atoms with Crippen LogP contribution in [0.4, 0.5) is 0 Å². The maximum atomic E-state index is 4.36. The number of rotatable bonds is 6. The van der Waals surface area contributed by atoms with Gasteiger partial charge in [0.15, 0.2) is 0 Å². The van der Waals surface area contributed by atoms with Gasteiger partial charge in [-0.25, -0.2) is 0 Å². The summed E-state index contributed by atoms with van der Waals surface area (Å²) in [5.74, 6) is 0.492. The molecule has 0 fully saturated rings. The van der Waals surface area contributed by atoms with Crippen molar-refractivity contribution in [1.82, 2.24) is 0 Å². The van der Waals surface area contributed by atoms with Gasteiger partial charge in [-0.3, -0.25) is 4.99 Å². The first-order chi connectivity index (χ1) is 11.5. The number of nitrogens with zero attached hydrogens (tertiary/aromatic N) is 1. The molecule has 0 bridgehead atoms. The average molecular weight is 319 g/mol. The van der Waals surface area contributed by atoms with Crippen molar-refractivity contribution in [3.63, 3.8) is 0 Å². The Morgan fingerprint density at radius 2 is 2.08 bits per heavy atom. The van der Waals surface area contributed by atoms with E-state index in [2.05, 4.69) is 68.8 Å². The van der Waals surface area contributed by atoms with Crippen LogP contribution in [0.25, 0.3) is 5.57 Å². The standard InChI is InChI=1S/C23H29N/c1-6-24-16-20(5)23-14-10-9-13-22(23)19(4)15-18(3)21-12-8-7-11-17(21)2/h6-8,10-12,14,16,19H,3,9,13,15H2,1-2,4-5H3/b20-16+,24-6?. The van der Waals surface area contributed by atoms with Crippen molar-refractivity contribution in [3.05, 3.63) is 77.0 Å². The van der Waals surface area contributed by atoms with Crippen LogP contribution in [0.15, 0.2) is 70.9 Å². The maximum Gasteiger partial charge on any atom is 0.0298 e. The molecule has 0 saturated carbocycles. The van der Waals surface area contributed by atoms with Gasteiger partial charge in [0.2, 0.25) is 0 Å². The molecule has 0 heterocycles. The number of aryl methyl sites for hydroxylation is 1. The van der Waals surface area contributed by atoms with Gasteiger partial charge in [-0.1, -0.05) is 55.5 Å². The summed E-state index contributed by atoms with van der Waals surface area (Å²) in [6, 6.07) is 8.53. The Morgan fingerprint density at radius 3 is 2.79 bits per heavy atom. The number of hydrogen-bond acceptors (Lipinski definition) is 1. The third-order valence-electron chi connectivity index (χ3n) is 4.73. The molecule has 0 aliphatic heterocycles. The lowest BCUT2D eigenvalue weighted by Gasteiger charge is -2.24. The fourth-order valence-corrected chi connectivity index (χ4v) is 3.41. The number of benzene rings is 1. The summed E-state index contributed by atoms with van der Waals surface area (Å²) in [4.78, 5) is 4.29. The van der Waals surface area contributed by atoms with Crippen molar-refractivity contribution < 1.29 is 0 Å². The van der Waals surface area contributed by atoms with E-state index in [1.807, 2.05) is 19.3 Å². The molecule has 1 aromatic rings.